The highest BCUT2D eigenvalue weighted by Crippen LogP contribution is 2.35. The van der Waals surface area contributed by atoms with Crippen LogP contribution in [-0.2, 0) is 4.79 Å². The van der Waals surface area contributed by atoms with E-state index in [-0.39, 0.29) is 5.91 Å². The van der Waals surface area contributed by atoms with Gasteiger partial charge in [-0.2, -0.15) is 0 Å². The van der Waals surface area contributed by atoms with E-state index in [1.54, 1.807) is 30.0 Å². The minimum absolute atomic E-state index is 0.143. The third-order valence-electron chi connectivity index (χ3n) is 2.71. The van der Waals surface area contributed by atoms with Crippen molar-refractivity contribution >= 4 is 17.3 Å². The first-order chi connectivity index (χ1) is 8.13. The molecule has 1 aliphatic heterocycles. The van der Waals surface area contributed by atoms with Gasteiger partial charge in [-0.3, -0.25) is 9.18 Å². The Balaban J connectivity index is 2.34. The van der Waals surface area contributed by atoms with Gasteiger partial charge in [0.2, 0.25) is 0 Å². The number of anilines is 2. The van der Waals surface area contributed by atoms with E-state index in [4.69, 9.17) is 10.5 Å². The van der Waals surface area contributed by atoms with Gasteiger partial charge in [0, 0.05) is 18.3 Å². The van der Waals surface area contributed by atoms with Crippen molar-refractivity contribution in [3.05, 3.63) is 18.2 Å². The van der Waals surface area contributed by atoms with Gasteiger partial charge in [0.1, 0.15) is 5.75 Å². The Morgan fingerprint density at radius 1 is 1.53 bits per heavy atom. The molecule has 0 saturated heterocycles. The maximum Gasteiger partial charge on any atom is 0.267 e. The highest BCUT2D eigenvalue weighted by Gasteiger charge is 2.30. The Hall–Kier alpha value is -1.78. The van der Waals surface area contributed by atoms with Crippen molar-refractivity contribution in [2.45, 2.75) is 19.4 Å². The third kappa shape index (κ3) is 2.18. The van der Waals surface area contributed by atoms with Crippen LogP contribution in [0.15, 0.2) is 18.2 Å². The van der Waals surface area contributed by atoms with Gasteiger partial charge in [0.25, 0.3) is 5.91 Å². The monoisotopic (exact) mass is 238 g/mol. The minimum atomic E-state index is -0.552. The van der Waals surface area contributed by atoms with Crippen molar-refractivity contribution in [2.75, 3.05) is 23.9 Å². The second-order valence-corrected chi connectivity index (χ2v) is 4.02. The molecule has 2 N–H and O–H groups in total. The number of carbonyl (C=O) groups excluding carboxylic acids is 1. The van der Waals surface area contributed by atoms with Crippen molar-refractivity contribution in [2.24, 2.45) is 0 Å². The fraction of sp³-hybridized carbons (Fsp3) is 0.417. The third-order valence-corrected chi connectivity index (χ3v) is 2.71. The number of halogens is 1. The van der Waals surface area contributed by atoms with E-state index < -0.39 is 12.8 Å². The molecule has 0 fully saturated rings. The van der Waals surface area contributed by atoms with Crippen LogP contribution in [0.1, 0.15) is 13.3 Å². The zero-order chi connectivity index (χ0) is 12.4. The summed E-state index contributed by atoms with van der Waals surface area (Å²) in [5, 5.41) is 0. The van der Waals surface area contributed by atoms with Gasteiger partial charge in [0.05, 0.1) is 12.4 Å². The number of nitrogens with two attached hydrogens (primary N) is 1. The smallest absolute Gasteiger partial charge is 0.267 e. The summed E-state index contributed by atoms with van der Waals surface area (Å²) in [4.78, 5) is 13.5. The number of ether oxygens (including phenoxy) is 1. The lowest BCUT2D eigenvalue weighted by Crippen LogP contribution is -2.45. The Bertz CT molecular complexity index is 437. The maximum atomic E-state index is 12.2. The zero-order valence-electron chi connectivity index (χ0n) is 9.65. The number of nitrogens with zero attached hydrogens (tertiary/aromatic N) is 1. The van der Waals surface area contributed by atoms with Crippen molar-refractivity contribution < 1.29 is 13.9 Å². The highest BCUT2D eigenvalue weighted by molar-refractivity contribution is 6.00. The molecular formula is C12H15FN2O2. The first kappa shape index (κ1) is 11.7. The summed E-state index contributed by atoms with van der Waals surface area (Å²) < 4.78 is 17.7. The SMILES string of the molecule is CC1Oc2cc(N)ccc2N(CCCF)C1=O. The summed E-state index contributed by atoms with van der Waals surface area (Å²) in [6, 6.07) is 5.11. The molecule has 0 saturated carbocycles. The molecule has 1 atom stereocenters. The molecule has 0 spiro atoms. The molecule has 1 heterocycles. The van der Waals surface area contributed by atoms with E-state index in [0.717, 1.165) is 0 Å². The number of rotatable bonds is 3. The van der Waals surface area contributed by atoms with Gasteiger partial charge in [-0.05, 0) is 25.5 Å². The fourth-order valence-corrected chi connectivity index (χ4v) is 1.88. The van der Waals surface area contributed by atoms with E-state index in [9.17, 15) is 9.18 Å². The number of hydrogen-bond acceptors (Lipinski definition) is 3. The average molecular weight is 238 g/mol. The van der Waals surface area contributed by atoms with Gasteiger partial charge in [-0.15, -0.1) is 0 Å². The first-order valence-corrected chi connectivity index (χ1v) is 5.57. The van der Waals surface area contributed by atoms with Crippen molar-refractivity contribution in [1.82, 2.24) is 0 Å². The molecular weight excluding hydrogens is 223 g/mol. The van der Waals surface area contributed by atoms with Gasteiger partial charge in [0.15, 0.2) is 6.10 Å². The van der Waals surface area contributed by atoms with Crippen molar-refractivity contribution in [3.63, 3.8) is 0 Å². The molecule has 1 aliphatic rings. The number of nitrogen functional groups attached to an aromatic ring is 1. The molecule has 0 aromatic heterocycles. The maximum absolute atomic E-state index is 12.2. The normalized spacial score (nSPS) is 18.8. The van der Waals surface area contributed by atoms with Crippen LogP contribution in [0.5, 0.6) is 5.75 Å². The standard InChI is InChI=1S/C12H15FN2O2/c1-8-12(16)15(6-2-5-13)10-4-3-9(14)7-11(10)17-8/h3-4,7-8H,2,5-6,14H2,1H3. The van der Waals surface area contributed by atoms with Crippen LogP contribution in [-0.4, -0.2) is 25.2 Å². The van der Waals surface area contributed by atoms with E-state index in [1.165, 1.54) is 0 Å². The zero-order valence-corrected chi connectivity index (χ0v) is 9.65. The Labute approximate surface area is 99.2 Å². The average Bonchev–Trinajstić information content (AvgIpc) is 2.30. The predicted octanol–water partition coefficient (Wildman–Crippen LogP) is 1.74. The molecule has 0 radical (unpaired) electrons. The Kier molecular flexibility index (Phi) is 3.17. The molecule has 92 valence electrons. The minimum Gasteiger partial charge on any atom is -0.479 e. The fourth-order valence-electron chi connectivity index (χ4n) is 1.88. The molecule has 1 unspecified atom stereocenters. The second kappa shape index (κ2) is 4.61. The lowest BCUT2D eigenvalue weighted by atomic mass is 10.1. The van der Waals surface area contributed by atoms with E-state index >= 15 is 0 Å². The summed E-state index contributed by atoms with van der Waals surface area (Å²) in [7, 11) is 0. The number of benzene rings is 1. The van der Waals surface area contributed by atoms with Gasteiger partial charge in [-0.25, -0.2) is 0 Å². The van der Waals surface area contributed by atoms with Gasteiger partial charge >= 0.3 is 0 Å². The first-order valence-electron chi connectivity index (χ1n) is 5.57. The summed E-state index contributed by atoms with van der Waals surface area (Å²) in [6.45, 7) is 1.60. The Morgan fingerprint density at radius 2 is 2.29 bits per heavy atom. The van der Waals surface area contributed by atoms with Crippen molar-refractivity contribution in [1.29, 1.82) is 0 Å². The molecule has 17 heavy (non-hydrogen) atoms. The summed E-state index contributed by atoms with van der Waals surface area (Å²) >= 11 is 0. The van der Waals surface area contributed by atoms with Gasteiger partial charge in [-0.1, -0.05) is 0 Å². The lowest BCUT2D eigenvalue weighted by molar-refractivity contribution is -0.125. The van der Waals surface area contributed by atoms with Crippen LogP contribution in [0, 0.1) is 0 Å². The molecule has 4 nitrogen and oxygen atoms in total. The summed E-state index contributed by atoms with van der Waals surface area (Å²) in [5.41, 5.74) is 6.91. The van der Waals surface area contributed by atoms with Gasteiger partial charge < -0.3 is 15.4 Å². The topological polar surface area (TPSA) is 55.6 Å². The number of fused-ring (bicyclic) bond motifs is 1. The summed E-state index contributed by atoms with van der Waals surface area (Å²) in [5.74, 6) is 0.437. The van der Waals surface area contributed by atoms with E-state index in [1.807, 2.05) is 0 Å². The van der Waals surface area contributed by atoms with E-state index in [2.05, 4.69) is 0 Å². The number of carbonyl (C=O) groups is 1. The van der Waals surface area contributed by atoms with Crippen LogP contribution < -0.4 is 15.4 Å². The lowest BCUT2D eigenvalue weighted by Gasteiger charge is -2.33. The second-order valence-electron chi connectivity index (χ2n) is 4.02. The van der Waals surface area contributed by atoms with Crippen molar-refractivity contribution in [3.8, 4) is 5.75 Å². The van der Waals surface area contributed by atoms with Crippen LogP contribution in [0.2, 0.25) is 0 Å². The molecule has 5 heteroatoms. The number of alkyl halides is 1. The van der Waals surface area contributed by atoms with Crippen LogP contribution >= 0.6 is 0 Å². The molecule has 1 aromatic carbocycles. The molecule has 0 bridgehead atoms. The molecule has 1 amide bonds. The largest absolute Gasteiger partial charge is 0.479 e. The molecule has 1 aromatic rings. The predicted molar refractivity (Wildman–Crippen MR) is 63.9 cm³/mol. The Morgan fingerprint density at radius 3 is 3.00 bits per heavy atom. The van der Waals surface area contributed by atoms with Crippen LogP contribution in [0.4, 0.5) is 15.8 Å². The molecule has 0 aliphatic carbocycles. The quantitative estimate of drug-likeness (QED) is 0.816. The summed E-state index contributed by atoms with van der Waals surface area (Å²) in [6.07, 6.45) is -0.230. The van der Waals surface area contributed by atoms with Crippen LogP contribution in [0.3, 0.4) is 0 Å². The highest BCUT2D eigenvalue weighted by atomic mass is 19.1. The number of amides is 1. The van der Waals surface area contributed by atoms with Crippen LogP contribution in [0.25, 0.3) is 0 Å². The van der Waals surface area contributed by atoms with E-state index in [0.29, 0.717) is 30.1 Å². The molecule has 2 rings (SSSR count). The number of hydrogen-bond donors (Lipinski definition) is 1.